The first kappa shape index (κ1) is 20.4. The number of hydrogen-bond acceptors (Lipinski definition) is 4. The zero-order chi connectivity index (χ0) is 18.1. The number of carbonyl (C=O) groups is 1. The molecule has 1 saturated heterocycles. The number of carbonyl (C=O) groups excluding carboxylic acids is 1. The molecule has 0 spiro atoms. The molecule has 1 aliphatic rings. The van der Waals surface area contributed by atoms with Crippen molar-refractivity contribution >= 4 is 5.97 Å². The summed E-state index contributed by atoms with van der Waals surface area (Å²) in [6, 6.07) is 2.85. The van der Waals surface area contributed by atoms with E-state index in [0.717, 1.165) is 31.5 Å². The lowest BCUT2D eigenvalue weighted by Crippen LogP contribution is -2.30. The molecule has 5 heteroatoms. The van der Waals surface area contributed by atoms with Gasteiger partial charge in [-0.3, -0.25) is 0 Å². The van der Waals surface area contributed by atoms with E-state index in [2.05, 4.69) is 10.1 Å². The predicted octanol–water partition coefficient (Wildman–Crippen LogP) is 4.14. The molecule has 0 unspecified atom stereocenters. The molecule has 0 atom stereocenters. The molecule has 136 valence electrons. The second kappa shape index (κ2) is 10.3. The summed E-state index contributed by atoms with van der Waals surface area (Å²) in [6.45, 7) is 10.6. The number of piperidine rings is 1. The van der Waals surface area contributed by atoms with Crippen molar-refractivity contribution in [2.24, 2.45) is 5.92 Å². The van der Waals surface area contributed by atoms with Crippen LogP contribution in [0, 0.1) is 11.7 Å². The predicted molar refractivity (Wildman–Crippen MR) is 94.3 cm³/mol. The van der Waals surface area contributed by atoms with Crippen LogP contribution in [0.2, 0.25) is 0 Å². The number of rotatable bonds is 5. The van der Waals surface area contributed by atoms with Gasteiger partial charge in [0.1, 0.15) is 11.6 Å². The third-order valence-corrected chi connectivity index (χ3v) is 4.06. The highest BCUT2D eigenvalue weighted by atomic mass is 19.1. The molecular formula is C19H30FNO3. The van der Waals surface area contributed by atoms with Crippen LogP contribution >= 0.6 is 0 Å². The van der Waals surface area contributed by atoms with Gasteiger partial charge in [0.05, 0.1) is 19.3 Å². The van der Waals surface area contributed by atoms with Gasteiger partial charge in [0.15, 0.2) is 0 Å². The molecule has 0 saturated carbocycles. The molecule has 1 N–H and O–H groups in total. The minimum absolute atomic E-state index is 0.0413. The molecule has 1 aromatic carbocycles. The molecule has 0 amide bonds. The van der Waals surface area contributed by atoms with Gasteiger partial charge in [-0.05, 0) is 49.4 Å². The topological polar surface area (TPSA) is 47.6 Å². The van der Waals surface area contributed by atoms with Crippen LogP contribution in [0.3, 0.4) is 0 Å². The van der Waals surface area contributed by atoms with Crippen molar-refractivity contribution in [3.05, 3.63) is 29.1 Å². The Morgan fingerprint density at radius 1 is 1.29 bits per heavy atom. The molecule has 0 aliphatic carbocycles. The molecule has 0 radical (unpaired) electrons. The minimum Gasteiger partial charge on any atom is -0.493 e. The van der Waals surface area contributed by atoms with Crippen LogP contribution in [-0.4, -0.2) is 32.8 Å². The summed E-state index contributed by atoms with van der Waals surface area (Å²) in [5.74, 6) is -0.115. The third kappa shape index (κ3) is 5.48. The van der Waals surface area contributed by atoms with Crippen LogP contribution in [-0.2, 0) is 4.74 Å². The molecule has 1 fully saturated rings. The number of esters is 1. The van der Waals surface area contributed by atoms with Gasteiger partial charge in [-0.25, -0.2) is 9.18 Å². The first-order valence-electron chi connectivity index (χ1n) is 8.78. The fourth-order valence-electron chi connectivity index (χ4n) is 2.67. The highest BCUT2D eigenvalue weighted by Crippen LogP contribution is 2.30. The zero-order valence-electron chi connectivity index (χ0n) is 15.4. The largest absolute Gasteiger partial charge is 0.493 e. The van der Waals surface area contributed by atoms with Crippen molar-refractivity contribution in [3.8, 4) is 5.75 Å². The monoisotopic (exact) mass is 339 g/mol. The molecule has 1 aliphatic heterocycles. The van der Waals surface area contributed by atoms with E-state index in [1.54, 1.807) is 6.07 Å². The van der Waals surface area contributed by atoms with Crippen molar-refractivity contribution in [3.63, 3.8) is 0 Å². The average molecular weight is 339 g/mol. The molecule has 0 bridgehead atoms. The van der Waals surface area contributed by atoms with E-state index in [0.29, 0.717) is 18.3 Å². The fraction of sp³-hybridized carbons (Fsp3) is 0.632. The fourth-order valence-corrected chi connectivity index (χ4v) is 2.67. The van der Waals surface area contributed by atoms with E-state index in [4.69, 9.17) is 4.74 Å². The normalized spacial score (nSPS) is 14.8. The maximum absolute atomic E-state index is 14.1. The van der Waals surface area contributed by atoms with E-state index >= 15 is 0 Å². The number of ether oxygens (including phenoxy) is 2. The second-order valence-corrected chi connectivity index (χ2v) is 6.02. The third-order valence-electron chi connectivity index (χ3n) is 4.06. The Balaban J connectivity index is 0.00000139. The van der Waals surface area contributed by atoms with Gasteiger partial charge in [-0.15, -0.1) is 0 Å². The Morgan fingerprint density at radius 3 is 2.46 bits per heavy atom. The van der Waals surface area contributed by atoms with E-state index in [-0.39, 0.29) is 11.5 Å². The van der Waals surface area contributed by atoms with Crippen molar-refractivity contribution in [2.45, 2.75) is 46.5 Å². The van der Waals surface area contributed by atoms with E-state index in [1.807, 2.05) is 27.7 Å². The number of hydrogen-bond donors (Lipinski definition) is 1. The van der Waals surface area contributed by atoms with Crippen LogP contribution in [0.4, 0.5) is 4.39 Å². The smallest absolute Gasteiger partial charge is 0.340 e. The average Bonchev–Trinajstić information content (AvgIpc) is 2.61. The van der Waals surface area contributed by atoms with E-state index in [9.17, 15) is 9.18 Å². The number of halogens is 1. The summed E-state index contributed by atoms with van der Waals surface area (Å²) in [6.07, 6.45) is 2.14. The first-order valence-corrected chi connectivity index (χ1v) is 8.78. The summed E-state index contributed by atoms with van der Waals surface area (Å²) in [7, 11) is 1.25. The van der Waals surface area contributed by atoms with Crippen LogP contribution in [0.25, 0.3) is 0 Å². The van der Waals surface area contributed by atoms with Gasteiger partial charge in [0.2, 0.25) is 0 Å². The van der Waals surface area contributed by atoms with Crippen molar-refractivity contribution in [1.29, 1.82) is 0 Å². The number of benzene rings is 1. The maximum Gasteiger partial charge on any atom is 0.340 e. The Labute approximate surface area is 144 Å². The molecular weight excluding hydrogens is 309 g/mol. The summed E-state index contributed by atoms with van der Waals surface area (Å²) >= 11 is 0. The van der Waals surface area contributed by atoms with Crippen molar-refractivity contribution < 1.29 is 18.7 Å². The lowest BCUT2D eigenvalue weighted by molar-refractivity contribution is 0.0595. The van der Waals surface area contributed by atoms with Gasteiger partial charge in [0.25, 0.3) is 0 Å². The Bertz CT molecular complexity index is 526. The molecule has 24 heavy (non-hydrogen) atoms. The Morgan fingerprint density at radius 2 is 1.92 bits per heavy atom. The number of methoxy groups -OCH3 is 1. The van der Waals surface area contributed by atoms with Crippen molar-refractivity contribution in [2.75, 3.05) is 26.8 Å². The molecule has 2 rings (SSSR count). The molecule has 0 aromatic heterocycles. The van der Waals surface area contributed by atoms with Gasteiger partial charge in [-0.1, -0.05) is 27.7 Å². The van der Waals surface area contributed by atoms with Crippen LogP contribution in [0.1, 0.15) is 62.4 Å². The molecule has 4 nitrogen and oxygen atoms in total. The van der Waals surface area contributed by atoms with Gasteiger partial charge < -0.3 is 14.8 Å². The highest BCUT2D eigenvalue weighted by molar-refractivity contribution is 5.90. The zero-order valence-corrected chi connectivity index (χ0v) is 15.4. The second-order valence-electron chi connectivity index (χ2n) is 6.02. The Hall–Kier alpha value is -1.62. The highest BCUT2D eigenvalue weighted by Gasteiger charge is 2.20. The lowest BCUT2D eigenvalue weighted by atomic mass is 9.98. The molecule has 1 heterocycles. The van der Waals surface area contributed by atoms with Crippen LogP contribution in [0.15, 0.2) is 12.1 Å². The summed E-state index contributed by atoms with van der Waals surface area (Å²) < 4.78 is 24.6. The van der Waals surface area contributed by atoms with Crippen molar-refractivity contribution in [1.82, 2.24) is 5.32 Å². The minimum atomic E-state index is -0.663. The van der Waals surface area contributed by atoms with E-state index in [1.165, 1.54) is 13.2 Å². The number of nitrogens with one attached hydrogen (secondary N) is 1. The Kier molecular flexibility index (Phi) is 8.76. The SMILES string of the molecule is CC.COC(=O)c1cc(C(C)C)c(OCC2CCNCC2)cc1F. The standard InChI is InChI=1S/C17H24FNO3.C2H6/c1-11(2)13-8-14(17(20)21-3)15(18)9-16(13)22-10-12-4-6-19-7-5-12;1-2/h8-9,11-12,19H,4-7,10H2,1-3H3;1-2H3. The summed E-state index contributed by atoms with van der Waals surface area (Å²) in [5.41, 5.74) is 0.788. The summed E-state index contributed by atoms with van der Waals surface area (Å²) in [5, 5.41) is 3.31. The van der Waals surface area contributed by atoms with Crippen LogP contribution in [0.5, 0.6) is 5.75 Å². The van der Waals surface area contributed by atoms with Gasteiger partial charge in [-0.2, -0.15) is 0 Å². The van der Waals surface area contributed by atoms with E-state index < -0.39 is 11.8 Å². The quantitative estimate of drug-likeness (QED) is 0.819. The van der Waals surface area contributed by atoms with Crippen LogP contribution < -0.4 is 10.1 Å². The van der Waals surface area contributed by atoms with Gasteiger partial charge >= 0.3 is 5.97 Å². The first-order chi connectivity index (χ1) is 11.5. The maximum atomic E-state index is 14.1. The molecule has 1 aromatic rings. The van der Waals surface area contributed by atoms with Gasteiger partial charge in [0, 0.05) is 6.07 Å². The lowest BCUT2D eigenvalue weighted by Gasteiger charge is -2.24. The summed E-state index contributed by atoms with van der Waals surface area (Å²) in [4.78, 5) is 11.6.